The second kappa shape index (κ2) is 8.12. The molecule has 1 amide bonds. The molecule has 4 nitrogen and oxygen atoms in total. The van der Waals surface area contributed by atoms with Crippen LogP contribution in [0, 0.1) is 0 Å². The van der Waals surface area contributed by atoms with E-state index in [-0.39, 0.29) is 17.7 Å². The third-order valence-electron chi connectivity index (χ3n) is 4.84. The highest BCUT2D eigenvalue weighted by Crippen LogP contribution is 2.24. The summed E-state index contributed by atoms with van der Waals surface area (Å²) in [6.07, 6.45) is 2.69. The van der Waals surface area contributed by atoms with Crippen LogP contribution in [0.25, 0.3) is 6.08 Å². The number of rotatable bonds is 5. The van der Waals surface area contributed by atoms with Gasteiger partial charge in [-0.1, -0.05) is 12.1 Å². The van der Waals surface area contributed by atoms with E-state index in [1.807, 2.05) is 4.90 Å². The van der Waals surface area contributed by atoms with Crippen molar-refractivity contribution in [3.8, 4) is 5.75 Å². The molecule has 0 spiro atoms. The number of benzene rings is 1. The van der Waals surface area contributed by atoms with E-state index in [0.29, 0.717) is 5.56 Å². The minimum atomic E-state index is -4.73. The topological polar surface area (TPSA) is 32.8 Å². The Balaban J connectivity index is 1.60. The van der Waals surface area contributed by atoms with E-state index >= 15 is 0 Å². The lowest BCUT2D eigenvalue weighted by Gasteiger charge is -2.27. The number of carbonyl (C=O) groups is 1. The van der Waals surface area contributed by atoms with Gasteiger partial charge in [-0.25, -0.2) is 0 Å². The number of hydrogen-bond acceptors (Lipinski definition) is 3. The van der Waals surface area contributed by atoms with Crippen LogP contribution in [0.1, 0.15) is 31.2 Å². The molecule has 0 unspecified atom stereocenters. The van der Waals surface area contributed by atoms with Crippen molar-refractivity contribution in [1.29, 1.82) is 0 Å². The summed E-state index contributed by atoms with van der Waals surface area (Å²) in [5.74, 6) is -0.381. The highest BCUT2D eigenvalue weighted by atomic mass is 19.4. The molecule has 2 aliphatic rings. The van der Waals surface area contributed by atoms with Crippen molar-refractivity contribution in [3.05, 3.63) is 35.9 Å². The van der Waals surface area contributed by atoms with E-state index in [1.54, 1.807) is 6.07 Å². The van der Waals surface area contributed by atoms with Gasteiger partial charge in [0.15, 0.2) is 0 Å². The maximum absolute atomic E-state index is 12.5. The average Bonchev–Trinajstić information content (AvgIpc) is 3.24. The van der Waals surface area contributed by atoms with Gasteiger partial charge in [-0.2, -0.15) is 0 Å². The fraction of sp³-hybridized carbons (Fsp3) is 0.526. The molecule has 0 bridgehead atoms. The minimum absolute atomic E-state index is 0.0890. The van der Waals surface area contributed by atoms with Crippen molar-refractivity contribution >= 4 is 12.0 Å². The number of alkyl halides is 3. The molecule has 142 valence electrons. The number of ether oxygens (including phenoxy) is 1. The maximum Gasteiger partial charge on any atom is 0.573 e. The van der Waals surface area contributed by atoms with Crippen LogP contribution in [0.3, 0.4) is 0 Å². The molecule has 7 heteroatoms. The van der Waals surface area contributed by atoms with Crippen LogP contribution in [0.15, 0.2) is 30.3 Å². The predicted molar refractivity (Wildman–Crippen MR) is 92.6 cm³/mol. The van der Waals surface area contributed by atoms with Crippen molar-refractivity contribution in [2.45, 2.75) is 38.1 Å². The molecule has 0 aromatic heterocycles. The maximum atomic E-state index is 12.5. The van der Waals surface area contributed by atoms with Crippen LogP contribution >= 0.6 is 0 Å². The predicted octanol–water partition coefficient (Wildman–Crippen LogP) is 3.69. The molecule has 1 atom stereocenters. The minimum Gasteiger partial charge on any atom is -0.406 e. The van der Waals surface area contributed by atoms with Crippen molar-refractivity contribution in [2.75, 3.05) is 26.2 Å². The molecule has 0 aliphatic carbocycles. The zero-order valence-corrected chi connectivity index (χ0v) is 14.5. The number of amides is 1. The van der Waals surface area contributed by atoms with Crippen LogP contribution in [0.2, 0.25) is 0 Å². The summed E-state index contributed by atoms with van der Waals surface area (Å²) in [4.78, 5) is 16.8. The Morgan fingerprint density at radius 2 is 1.96 bits per heavy atom. The first-order valence-electron chi connectivity index (χ1n) is 8.97. The molecule has 1 aromatic carbocycles. The van der Waals surface area contributed by atoms with Gasteiger partial charge >= 0.3 is 6.36 Å². The first kappa shape index (κ1) is 18.8. The second-order valence-corrected chi connectivity index (χ2v) is 6.79. The number of nitrogens with zero attached hydrogens (tertiary/aromatic N) is 2. The van der Waals surface area contributed by atoms with Gasteiger partial charge in [-0.05, 0) is 62.5 Å². The Morgan fingerprint density at radius 1 is 1.19 bits per heavy atom. The van der Waals surface area contributed by atoms with Gasteiger partial charge in [0, 0.05) is 25.2 Å². The SMILES string of the molecule is O=C(/C=C/c1cccc(OC(F)(F)F)c1)N1CCC[C@H]1CN1CCCC1. The van der Waals surface area contributed by atoms with Crippen LogP contribution in [0.5, 0.6) is 5.75 Å². The number of likely N-dealkylation sites (tertiary alicyclic amines) is 2. The molecule has 3 rings (SSSR count). The van der Waals surface area contributed by atoms with Gasteiger partial charge in [-0.15, -0.1) is 13.2 Å². The Kier molecular flexibility index (Phi) is 5.86. The summed E-state index contributed by atoms with van der Waals surface area (Å²) in [5.41, 5.74) is 0.496. The molecule has 0 N–H and O–H groups in total. The first-order chi connectivity index (χ1) is 12.4. The third-order valence-corrected chi connectivity index (χ3v) is 4.84. The van der Waals surface area contributed by atoms with Crippen LogP contribution in [0.4, 0.5) is 13.2 Å². The molecule has 0 saturated carbocycles. The van der Waals surface area contributed by atoms with E-state index in [0.717, 1.165) is 39.0 Å². The average molecular weight is 368 g/mol. The Morgan fingerprint density at radius 3 is 2.69 bits per heavy atom. The molecule has 26 heavy (non-hydrogen) atoms. The fourth-order valence-corrected chi connectivity index (χ4v) is 3.66. The summed E-state index contributed by atoms with van der Waals surface area (Å²) in [6.45, 7) is 3.84. The van der Waals surface area contributed by atoms with Gasteiger partial charge in [0.1, 0.15) is 5.75 Å². The summed E-state index contributed by atoms with van der Waals surface area (Å²) in [6, 6.07) is 5.84. The lowest BCUT2D eigenvalue weighted by atomic mass is 10.2. The number of hydrogen-bond donors (Lipinski definition) is 0. The number of carbonyl (C=O) groups excluding carboxylic acids is 1. The van der Waals surface area contributed by atoms with Crippen LogP contribution in [-0.2, 0) is 4.79 Å². The van der Waals surface area contributed by atoms with Gasteiger partial charge in [0.2, 0.25) is 5.91 Å². The lowest BCUT2D eigenvalue weighted by Crippen LogP contribution is -2.41. The molecule has 0 radical (unpaired) electrons. The van der Waals surface area contributed by atoms with Crippen molar-refractivity contribution in [1.82, 2.24) is 9.80 Å². The standard InChI is InChI=1S/C19H23F3N2O2/c20-19(21,22)26-17-7-3-5-15(13-17)8-9-18(25)24-12-4-6-16(24)14-23-10-1-2-11-23/h3,5,7-9,13,16H,1-2,4,6,10-12,14H2/b9-8+/t16-/m0/s1. The largest absolute Gasteiger partial charge is 0.573 e. The monoisotopic (exact) mass is 368 g/mol. The highest BCUT2D eigenvalue weighted by molar-refractivity contribution is 5.92. The van der Waals surface area contributed by atoms with Gasteiger partial charge in [0.25, 0.3) is 0 Å². The van der Waals surface area contributed by atoms with Crippen molar-refractivity contribution in [2.24, 2.45) is 0 Å². The molecule has 2 fully saturated rings. The normalized spacial score (nSPS) is 21.7. The zero-order valence-electron chi connectivity index (χ0n) is 14.5. The third kappa shape index (κ3) is 5.24. The Labute approximate surface area is 151 Å². The molecular weight excluding hydrogens is 345 g/mol. The highest BCUT2D eigenvalue weighted by Gasteiger charge is 2.31. The van der Waals surface area contributed by atoms with Gasteiger partial charge < -0.3 is 14.5 Å². The Hall–Kier alpha value is -2.02. The van der Waals surface area contributed by atoms with Gasteiger partial charge in [-0.3, -0.25) is 4.79 Å². The van der Waals surface area contributed by atoms with E-state index in [4.69, 9.17) is 0 Å². The zero-order chi connectivity index (χ0) is 18.6. The van der Waals surface area contributed by atoms with Crippen molar-refractivity contribution in [3.63, 3.8) is 0 Å². The van der Waals surface area contributed by atoms with E-state index in [1.165, 1.54) is 43.2 Å². The smallest absolute Gasteiger partial charge is 0.406 e. The van der Waals surface area contributed by atoms with E-state index < -0.39 is 6.36 Å². The Bertz CT molecular complexity index is 654. The summed E-state index contributed by atoms with van der Waals surface area (Å²) in [7, 11) is 0. The summed E-state index contributed by atoms with van der Waals surface area (Å²) < 4.78 is 40.8. The van der Waals surface area contributed by atoms with E-state index in [9.17, 15) is 18.0 Å². The first-order valence-corrected chi connectivity index (χ1v) is 8.97. The molecular formula is C19H23F3N2O2. The van der Waals surface area contributed by atoms with Crippen LogP contribution < -0.4 is 4.74 Å². The number of halogens is 3. The quantitative estimate of drug-likeness (QED) is 0.744. The molecule has 2 aliphatic heterocycles. The van der Waals surface area contributed by atoms with Crippen molar-refractivity contribution < 1.29 is 22.7 Å². The second-order valence-electron chi connectivity index (χ2n) is 6.79. The fourth-order valence-electron chi connectivity index (χ4n) is 3.66. The molecule has 2 heterocycles. The van der Waals surface area contributed by atoms with E-state index in [2.05, 4.69) is 9.64 Å². The van der Waals surface area contributed by atoms with Crippen LogP contribution in [-0.4, -0.2) is 54.3 Å². The summed E-state index contributed by atoms with van der Waals surface area (Å²) >= 11 is 0. The molecule has 1 aromatic rings. The van der Waals surface area contributed by atoms with Gasteiger partial charge in [0.05, 0.1) is 0 Å². The molecule has 2 saturated heterocycles. The summed E-state index contributed by atoms with van der Waals surface area (Å²) in [5, 5.41) is 0. The lowest BCUT2D eigenvalue weighted by molar-refractivity contribution is -0.274.